The van der Waals surface area contributed by atoms with E-state index in [4.69, 9.17) is 10.3 Å². The summed E-state index contributed by atoms with van der Waals surface area (Å²) in [5.74, 6) is 1.27. The molecule has 2 atom stereocenters. The molecular weight excluding hydrogens is 228 g/mol. The fourth-order valence-corrected chi connectivity index (χ4v) is 2.66. The van der Waals surface area contributed by atoms with Crippen molar-refractivity contribution < 1.29 is 4.52 Å². The van der Waals surface area contributed by atoms with Gasteiger partial charge in [0.2, 0.25) is 11.7 Å². The fourth-order valence-electron chi connectivity index (χ4n) is 2.66. The van der Waals surface area contributed by atoms with Crippen LogP contribution in [-0.4, -0.2) is 21.2 Å². The van der Waals surface area contributed by atoms with Gasteiger partial charge < -0.3 is 15.2 Å². The van der Waals surface area contributed by atoms with Gasteiger partial charge in [-0.2, -0.15) is 4.98 Å². The van der Waals surface area contributed by atoms with E-state index in [1.165, 1.54) is 12.8 Å². The Bertz CT molecular complexity index is 519. The summed E-state index contributed by atoms with van der Waals surface area (Å²) in [7, 11) is 0. The number of aromatic amines is 1. The Morgan fingerprint density at radius 3 is 3.11 bits per heavy atom. The lowest BCUT2D eigenvalue weighted by Gasteiger charge is -2.35. The van der Waals surface area contributed by atoms with Crippen molar-refractivity contribution in [1.82, 2.24) is 15.1 Å². The van der Waals surface area contributed by atoms with E-state index in [1.807, 2.05) is 18.3 Å². The fraction of sp³-hybridized carbons (Fsp3) is 0.538. The summed E-state index contributed by atoms with van der Waals surface area (Å²) in [5.41, 5.74) is 6.93. The Hall–Kier alpha value is -1.62. The van der Waals surface area contributed by atoms with Crippen molar-refractivity contribution in [3.8, 4) is 11.5 Å². The first kappa shape index (κ1) is 11.5. The van der Waals surface area contributed by atoms with Gasteiger partial charge in [0.25, 0.3) is 0 Å². The van der Waals surface area contributed by atoms with Crippen LogP contribution in [0.5, 0.6) is 0 Å². The van der Waals surface area contributed by atoms with Crippen molar-refractivity contribution in [3.63, 3.8) is 0 Å². The number of hydrogen-bond acceptors (Lipinski definition) is 4. The molecule has 5 heteroatoms. The summed E-state index contributed by atoms with van der Waals surface area (Å²) in [6, 6.07) is 3.94. The molecule has 0 aromatic carbocycles. The molecule has 1 saturated carbocycles. The first-order valence-corrected chi connectivity index (χ1v) is 6.44. The van der Waals surface area contributed by atoms with Crippen LogP contribution in [0.1, 0.15) is 38.5 Å². The molecule has 2 aromatic rings. The highest BCUT2D eigenvalue weighted by molar-refractivity contribution is 5.48. The lowest BCUT2D eigenvalue weighted by molar-refractivity contribution is 0.203. The van der Waals surface area contributed by atoms with E-state index in [2.05, 4.69) is 22.0 Å². The molecule has 0 saturated heterocycles. The van der Waals surface area contributed by atoms with Crippen LogP contribution < -0.4 is 5.73 Å². The van der Waals surface area contributed by atoms with Gasteiger partial charge in [-0.15, -0.1) is 0 Å². The molecule has 96 valence electrons. The first-order chi connectivity index (χ1) is 8.70. The van der Waals surface area contributed by atoms with Crippen LogP contribution in [0.4, 0.5) is 0 Å². The van der Waals surface area contributed by atoms with Crippen LogP contribution in [0.3, 0.4) is 0 Å². The third-order valence-electron chi connectivity index (χ3n) is 4.03. The minimum absolute atomic E-state index is 0.100. The Morgan fingerprint density at radius 2 is 2.39 bits per heavy atom. The van der Waals surface area contributed by atoms with Crippen molar-refractivity contribution in [2.75, 3.05) is 0 Å². The van der Waals surface area contributed by atoms with Crippen molar-refractivity contribution in [2.45, 2.75) is 44.1 Å². The second-order valence-electron chi connectivity index (χ2n) is 5.28. The third kappa shape index (κ3) is 1.75. The minimum atomic E-state index is -0.184. The van der Waals surface area contributed by atoms with E-state index in [-0.39, 0.29) is 11.5 Å². The van der Waals surface area contributed by atoms with E-state index in [0.29, 0.717) is 11.7 Å². The Balaban J connectivity index is 1.93. The number of hydrogen-bond donors (Lipinski definition) is 2. The number of nitrogens with one attached hydrogen (secondary N) is 1. The normalized spacial score (nSPS) is 28.4. The minimum Gasteiger partial charge on any atom is -0.359 e. The average molecular weight is 246 g/mol. The Kier molecular flexibility index (Phi) is 2.70. The Labute approximate surface area is 106 Å². The standard InChI is InChI=1S/C13H18N4O/c1-13(7-3-2-6-10(13)14)12-16-11(17-18-12)9-5-4-8-15-9/h4-5,8,10,15H,2-3,6-7,14H2,1H3. The maximum absolute atomic E-state index is 6.24. The largest absolute Gasteiger partial charge is 0.359 e. The average Bonchev–Trinajstić information content (AvgIpc) is 3.01. The molecular formula is C13H18N4O. The lowest BCUT2D eigenvalue weighted by atomic mass is 9.72. The van der Waals surface area contributed by atoms with Gasteiger partial charge in [-0.3, -0.25) is 0 Å². The van der Waals surface area contributed by atoms with Gasteiger partial charge >= 0.3 is 0 Å². The van der Waals surface area contributed by atoms with Crippen LogP contribution in [0.15, 0.2) is 22.9 Å². The molecule has 0 aliphatic heterocycles. The number of rotatable bonds is 2. The second-order valence-corrected chi connectivity index (χ2v) is 5.28. The maximum atomic E-state index is 6.24. The molecule has 2 heterocycles. The lowest BCUT2D eigenvalue weighted by Crippen LogP contribution is -2.45. The predicted molar refractivity (Wildman–Crippen MR) is 67.9 cm³/mol. The van der Waals surface area contributed by atoms with Crippen molar-refractivity contribution >= 4 is 0 Å². The molecule has 0 radical (unpaired) electrons. The molecule has 18 heavy (non-hydrogen) atoms. The third-order valence-corrected chi connectivity index (χ3v) is 4.03. The second kappa shape index (κ2) is 4.24. The zero-order valence-corrected chi connectivity index (χ0v) is 10.5. The van der Waals surface area contributed by atoms with Crippen LogP contribution >= 0.6 is 0 Å². The highest BCUT2D eigenvalue weighted by atomic mass is 16.5. The molecule has 1 aliphatic rings. The zero-order valence-electron chi connectivity index (χ0n) is 10.5. The summed E-state index contributed by atoms with van der Waals surface area (Å²) in [6.07, 6.45) is 6.25. The molecule has 2 aromatic heterocycles. The quantitative estimate of drug-likeness (QED) is 0.851. The topological polar surface area (TPSA) is 80.7 Å². The van der Waals surface area contributed by atoms with Gasteiger partial charge in [0, 0.05) is 12.2 Å². The van der Waals surface area contributed by atoms with E-state index in [1.54, 1.807) is 0 Å². The zero-order chi connectivity index (χ0) is 12.6. The van der Waals surface area contributed by atoms with Gasteiger partial charge in [0.1, 0.15) is 0 Å². The molecule has 0 spiro atoms. The number of nitrogens with zero attached hydrogens (tertiary/aromatic N) is 2. The van der Waals surface area contributed by atoms with Gasteiger partial charge in [-0.05, 0) is 31.9 Å². The van der Waals surface area contributed by atoms with Gasteiger partial charge in [-0.25, -0.2) is 0 Å². The first-order valence-electron chi connectivity index (χ1n) is 6.44. The number of H-pyrrole nitrogens is 1. The van der Waals surface area contributed by atoms with Crippen LogP contribution in [-0.2, 0) is 5.41 Å². The molecule has 2 unspecified atom stereocenters. The van der Waals surface area contributed by atoms with E-state index in [0.717, 1.165) is 18.5 Å². The highest BCUT2D eigenvalue weighted by Crippen LogP contribution is 2.37. The SMILES string of the molecule is CC1(c2nc(-c3ccc[nH]3)no2)CCCCC1N. The van der Waals surface area contributed by atoms with Gasteiger partial charge in [-0.1, -0.05) is 18.0 Å². The van der Waals surface area contributed by atoms with Crippen LogP contribution in [0.2, 0.25) is 0 Å². The van der Waals surface area contributed by atoms with Crippen molar-refractivity contribution in [2.24, 2.45) is 5.73 Å². The molecule has 0 amide bonds. The molecule has 1 aliphatic carbocycles. The monoisotopic (exact) mass is 246 g/mol. The maximum Gasteiger partial charge on any atom is 0.234 e. The van der Waals surface area contributed by atoms with Crippen molar-refractivity contribution in [1.29, 1.82) is 0 Å². The van der Waals surface area contributed by atoms with E-state index in [9.17, 15) is 0 Å². The summed E-state index contributed by atoms with van der Waals surface area (Å²) >= 11 is 0. The summed E-state index contributed by atoms with van der Waals surface area (Å²) in [6.45, 7) is 2.13. The van der Waals surface area contributed by atoms with Crippen LogP contribution in [0.25, 0.3) is 11.5 Å². The smallest absolute Gasteiger partial charge is 0.234 e. The highest BCUT2D eigenvalue weighted by Gasteiger charge is 2.40. The Morgan fingerprint density at radius 1 is 1.50 bits per heavy atom. The van der Waals surface area contributed by atoms with Gasteiger partial charge in [0.15, 0.2) is 0 Å². The molecule has 1 fully saturated rings. The van der Waals surface area contributed by atoms with Gasteiger partial charge in [0.05, 0.1) is 11.1 Å². The van der Waals surface area contributed by atoms with E-state index >= 15 is 0 Å². The summed E-state index contributed by atoms with van der Waals surface area (Å²) in [5, 5.41) is 4.04. The predicted octanol–water partition coefficient (Wildman–Crippen LogP) is 2.22. The molecule has 5 nitrogen and oxygen atoms in total. The molecule has 0 bridgehead atoms. The molecule has 3 N–H and O–H groups in total. The molecule has 3 rings (SSSR count). The number of nitrogens with two attached hydrogens (primary N) is 1. The van der Waals surface area contributed by atoms with Crippen molar-refractivity contribution in [3.05, 3.63) is 24.2 Å². The number of aromatic nitrogens is 3. The van der Waals surface area contributed by atoms with E-state index < -0.39 is 0 Å². The van der Waals surface area contributed by atoms with Crippen LogP contribution in [0, 0.1) is 0 Å². The summed E-state index contributed by atoms with van der Waals surface area (Å²) in [4.78, 5) is 7.59. The summed E-state index contributed by atoms with van der Waals surface area (Å²) < 4.78 is 5.44.